The van der Waals surface area contributed by atoms with Gasteiger partial charge in [0.15, 0.2) is 5.12 Å². The van der Waals surface area contributed by atoms with Crippen molar-refractivity contribution in [1.29, 1.82) is 0 Å². The van der Waals surface area contributed by atoms with Gasteiger partial charge in [0.2, 0.25) is 11.9 Å². The SMILES string of the molecule is CC(=O)SCC1CC(=O)N(c2n[nH]c(N)n2)C1. The minimum absolute atomic E-state index is 0.0295. The number of hydrogen-bond donors (Lipinski definition) is 2. The molecule has 0 bridgehead atoms. The first-order valence-corrected chi connectivity index (χ1v) is 6.16. The highest BCUT2D eigenvalue weighted by Gasteiger charge is 2.32. The van der Waals surface area contributed by atoms with E-state index in [1.165, 1.54) is 23.6 Å². The van der Waals surface area contributed by atoms with E-state index in [2.05, 4.69) is 15.2 Å². The zero-order valence-corrected chi connectivity index (χ0v) is 10.2. The van der Waals surface area contributed by atoms with E-state index in [4.69, 9.17) is 5.73 Å². The Morgan fingerprint density at radius 1 is 1.71 bits per heavy atom. The first-order valence-electron chi connectivity index (χ1n) is 5.18. The maximum atomic E-state index is 11.7. The fraction of sp³-hybridized carbons (Fsp3) is 0.556. The molecule has 3 N–H and O–H groups in total. The van der Waals surface area contributed by atoms with Gasteiger partial charge in [-0.05, 0) is 5.92 Å². The summed E-state index contributed by atoms with van der Waals surface area (Å²) in [6, 6.07) is 0. The van der Waals surface area contributed by atoms with Crippen molar-refractivity contribution in [3.8, 4) is 0 Å². The number of rotatable bonds is 3. The lowest BCUT2D eigenvalue weighted by molar-refractivity contribution is -0.117. The summed E-state index contributed by atoms with van der Waals surface area (Å²) in [5, 5.41) is 6.41. The Morgan fingerprint density at radius 3 is 3.06 bits per heavy atom. The number of carbonyl (C=O) groups is 2. The first-order chi connectivity index (χ1) is 8.06. The smallest absolute Gasteiger partial charge is 0.252 e. The molecular formula is C9H13N5O2S. The van der Waals surface area contributed by atoms with Gasteiger partial charge >= 0.3 is 0 Å². The van der Waals surface area contributed by atoms with Crippen LogP contribution in [0.4, 0.5) is 11.9 Å². The minimum Gasteiger partial charge on any atom is -0.368 e. The quantitative estimate of drug-likeness (QED) is 0.788. The molecule has 92 valence electrons. The predicted molar refractivity (Wildman–Crippen MR) is 64.4 cm³/mol. The van der Waals surface area contributed by atoms with Crippen molar-refractivity contribution in [3.05, 3.63) is 0 Å². The molecule has 1 atom stereocenters. The van der Waals surface area contributed by atoms with Gasteiger partial charge in [-0.1, -0.05) is 11.8 Å². The minimum atomic E-state index is -0.0295. The van der Waals surface area contributed by atoms with Crippen LogP contribution in [0.2, 0.25) is 0 Å². The number of amides is 1. The number of thioether (sulfide) groups is 1. The highest BCUT2D eigenvalue weighted by Crippen LogP contribution is 2.25. The van der Waals surface area contributed by atoms with Crippen LogP contribution in [0.25, 0.3) is 0 Å². The van der Waals surface area contributed by atoms with Crippen LogP contribution in [0, 0.1) is 5.92 Å². The zero-order valence-electron chi connectivity index (χ0n) is 9.34. The van der Waals surface area contributed by atoms with Crippen molar-refractivity contribution in [2.75, 3.05) is 22.9 Å². The van der Waals surface area contributed by atoms with E-state index in [1.807, 2.05) is 0 Å². The third kappa shape index (κ3) is 2.76. The molecule has 1 amide bonds. The van der Waals surface area contributed by atoms with Gasteiger partial charge < -0.3 is 5.73 Å². The number of aromatic amines is 1. The Bertz CT molecular complexity index is 446. The molecule has 1 aromatic heterocycles. The summed E-state index contributed by atoms with van der Waals surface area (Å²) < 4.78 is 0. The fourth-order valence-corrected chi connectivity index (χ4v) is 2.40. The standard InChI is InChI=1S/C9H13N5O2S/c1-5(15)17-4-6-2-7(16)14(3-6)9-11-8(10)12-13-9/h6H,2-4H2,1H3,(H3,10,11,12,13). The van der Waals surface area contributed by atoms with E-state index in [9.17, 15) is 9.59 Å². The molecule has 2 rings (SSSR count). The normalized spacial score (nSPS) is 19.9. The molecule has 17 heavy (non-hydrogen) atoms. The van der Waals surface area contributed by atoms with Crippen LogP contribution in [-0.2, 0) is 9.59 Å². The van der Waals surface area contributed by atoms with E-state index in [-0.39, 0.29) is 22.9 Å². The summed E-state index contributed by atoms with van der Waals surface area (Å²) in [5.74, 6) is 1.28. The van der Waals surface area contributed by atoms with Crippen molar-refractivity contribution in [1.82, 2.24) is 15.2 Å². The summed E-state index contributed by atoms with van der Waals surface area (Å²) in [6.07, 6.45) is 0.425. The summed E-state index contributed by atoms with van der Waals surface area (Å²) in [5.41, 5.74) is 5.41. The lowest BCUT2D eigenvalue weighted by Crippen LogP contribution is -2.26. The third-order valence-electron chi connectivity index (χ3n) is 2.46. The molecule has 8 heteroatoms. The average Bonchev–Trinajstić information content (AvgIpc) is 2.82. The summed E-state index contributed by atoms with van der Waals surface area (Å²) in [4.78, 5) is 28.0. The maximum Gasteiger partial charge on any atom is 0.252 e. The largest absolute Gasteiger partial charge is 0.368 e. The summed E-state index contributed by atoms with van der Waals surface area (Å²) in [7, 11) is 0. The monoisotopic (exact) mass is 255 g/mol. The number of H-pyrrole nitrogens is 1. The Balaban J connectivity index is 1.98. The van der Waals surface area contributed by atoms with Crippen LogP contribution >= 0.6 is 11.8 Å². The summed E-state index contributed by atoms with van der Waals surface area (Å²) in [6.45, 7) is 2.06. The fourth-order valence-electron chi connectivity index (χ4n) is 1.71. The molecule has 0 aromatic carbocycles. The van der Waals surface area contributed by atoms with E-state index >= 15 is 0 Å². The van der Waals surface area contributed by atoms with Crippen LogP contribution in [0.15, 0.2) is 0 Å². The highest BCUT2D eigenvalue weighted by molar-refractivity contribution is 8.13. The van der Waals surface area contributed by atoms with E-state index in [0.29, 0.717) is 24.7 Å². The molecule has 1 unspecified atom stereocenters. The molecule has 0 radical (unpaired) electrons. The average molecular weight is 255 g/mol. The third-order valence-corrected chi connectivity index (χ3v) is 3.50. The summed E-state index contributed by atoms with van der Waals surface area (Å²) >= 11 is 1.24. The number of anilines is 2. The van der Waals surface area contributed by atoms with Crippen LogP contribution in [0.3, 0.4) is 0 Å². The number of nitrogens with zero attached hydrogens (tertiary/aromatic N) is 3. The molecule has 1 aromatic rings. The number of hydrogen-bond acceptors (Lipinski definition) is 6. The Hall–Kier alpha value is -1.57. The molecular weight excluding hydrogens is 242 g/mol. The second kappa shape index (κ2) is 4.74. The number of carbonyl (C=O) groups excluding carboxylic acids is 2. The number of nitrogens with two attached hydrogens (primary N) is 1. The molecule has 0 spiro atoms. The lowest BCUT2D eigenvalue weighted by atomic mass is 10.1. The van der Waals surface area contributed by atoms with Crippen LogP contribution in [-0.4, -0.2) is 38.5 Å². The van der Waals surface area contributed by atoms with E-state index in [0.717, 1.165) is 0 Å². The van der Waals surface area contributed by atoms with Gasteiger partial charge in [-0.15, -0.1) is 5.10 Å². The number of aromatic nitrogens is 3. The van der Waals surface area contributed by atoms with Crippen LogP contribution < -0.4 is 10.6 Å². The highest BCUT2D eigenvalue weighted by atomic mass is 32.2. The van der Waals surface area contributed by atoms with Crippen molar-refractivity contribution < 1.29 is 9.59 Å². The molecule has 1 aliphatic heterocycles. The van der Waals surface area contributed by atoms with Gasteiger partial charge in [0.1, 0.15) is 0 Å². The van der Waals surface area contributed by atoms with Crippen molar-refractivity contribution >= 4 is 34.7 Å². The maximum absolute atomic E-state index is 11.7. The Labute approximate surface area is 102 Å². The van der Waals surface area contributed by atoms with Crippen LogP contribution in [0.1, 0.15) is 13.3 Å². The Morgan fingerprint density at radius 2 is 2.47 bits per heavy atom. The molecule has 0 saturated carbocycles. The van der Waals surface area contributed by atoms with Gasteiger partial charge in [-0.25, -0.2) is 5.10 Å². The molecule has 1 fully saturated rings. The lowest BCUT2D eigenvalue weighted by Gasteiger charge is -2.11. The van der Waals surface area contributed by atoms with E-state index in [1.54, 1.807) is 0 Å². The van der Waals surface area contributed by atoms with Crippen LogP contribution in [0.5, 0.6) is 0 Å². The zero-order chi connectivity index (χ0) is 12.4. The number of nitrogen functional groups attached to an aromatic ring is 1. The van der Waals surface area contributed by atoms with Crippen molar-refractivity contribution in [2.24, 2.45) is 5.92 Å². The van der Waals surface area contributed by atoms with Gasteiger partial charge in [-0.3, -0.25) is 14.5 Å². The first kappa shape index (κ1) is 11.9. The molecule has 7 nitrogen and oxygen atoms in total. The molecule has 0 aliphatic carbocycles. The second-order valence-electron chi connectivity index (χ2n) is 3.90. The van der Waals surface area contributed by atoms with Gasteiger partial charge in [0, 0.05) is 25.6 Å². The molecule has 1 aliphatic rings. The second-order valence-corrected chi connectivity index (χ2v) is 5.09. The van der Waals surface area contributed by atoms with Gasteiger partial charge in [-0.2, -0.15) is 4.98 Å². The number of nitrogens with one attached hydrogen (secondary N) is 1. The molecule has 1 saturated heterocycles. The van der Waals surface area contributed by atoms with Crippen molar-refractivity contribution in [3.63, 3.8) is 0 Å². The molecule has 2 heterocycles. The topological polar surface area (TPSA) is 105 Å². The predicted octanol–water partition coefficient (Wildman–Crippen LogP) is 0.0195. The van der Waals surface area contributed by atoms with E-state index < -0.39 is 0 Å². The van der Waals surface area contributed by atoms with Gasteiger partial charge in [0.25, 0.3) is 5.95 Å². The Kier molecular flexibility index (Phi) is 3.32. The van der Waals surface area contributed by atoms with Crippen molar-refractivity contribution in [2.45, 2.75) is 13.3 Å². The van der Waals surface area contributed by atoms with Gasteiger partial charge in [0.05, 0.1) is 0 Å².